The molecule has 0 aromatic rings. The molecule has 0 radical (unpaired) electrons. The number of ether oxygens (including phenoxy) is 2. The van der Waals surface area contributed by atoms with E-state index in [1.807, 2.05) is 14.0 Å². The molecule has 1 heterocycles. The van der Waals surface area contributed by atoms with Crippen LogP contribution in [0.5, 0.6) is 0 Å². The number of aliphatic hydroxyl groups excluding tert-OH is 1. The zero-order valence-corrected chi connectivity index (χ0v) is 7.78. The minimum atomic E-state index is -0.809. The third kappa shape index (κ3) is 1.95. The first-order chi connectivity index (χ1) is 5.69. The average molecular weight is 175 g/mol. The fourth-order valence-corrected chi connectivity index (χ4v) is 1.62. The molecule has 1 saturated heterocycles. The second kappa shape index (κ2) is 4.18. The lowest BCUT2D eigenvalue weighted by Gasteiger charge is -2.37. The number of aliphatic hydroxyl groups is 1. The van der Waals surface area contributed by atoms with Crippen LogP contribution in [0.1, 0.15) is 13.3 Å². The van der Waals surface area contributed by atoms with E-state index in [-0.39, 0.29) is 18.2 Å². The molecule has 0 aliphatic carbocycles. The van der Waals surface area contributed by atoms with Gasteiger partial charge in [-0.2, -0.15) is 0 Å². The van der Waals surface area contributed by atoms with Crippen LogP contribution in [0, 0.1) is 0 Å². The number of likely N-dealkylation sites (N-methyl/N-ethyl adjacent to an activating group) is 1. The first-order valence-electron chi connectivity index (χ1n) is 4.22. The molecule has 1 unspecified atom stereocenters. The highest BCUT2D eigenvalue weighted by Crippen LogP contribution is 2.20. The zero-order chi connectivity index (χ0) is 9.14. The predicted molar refractivity (Wildman–Crippen MR) is 44.8 cm³/mol. The van der Waals surface area contributed by atoms with Crippen LogP contribution < -0.4 is 5.32 Å². The fraction of sp³-hybridized carbons (Fsp3) is 1.00. The molecule has 72 valence electrons. The average Bonchev–Trinajstić information content (AvgIpc) is 2.03. The highest BCUT2D eigenvalue weighted by Gasteiger charge is 2.35. The topological polar surface area (TPSA) is 50.7 Å². The molecule has 4 atom stereocenters. The standard InChI is InChI=1S/C8H17NO3/c1-5-4-6(9-2)7(11-3)8(10)12-5/h5-10H,4H2,1-3H3/t5-,6+,7?,8-/m1/s1. The van der Waals surface area contributed by atoms with Gasteiger partial charge in [-0.05, 0) is 20.4 Å². The summed E-state index contributed by atoms with van der Waals surface area (Å²) in [6.45, 7) is 1.94. The van der Waals surface area contributed by atoms with E-state index in [0.29, 0.717) is 0 Å². The monoisotopic (exact) mass is 175 g/mol. The largest absolute Gasteiger partial charge is 0.375 e. The summed E-state index contributed by atoms with van der Waals surface area (Å²) >= 11 is 0. The number of methoxy groups -OCH3 is 1. The second-order valence-corrected chi connectivity index (χ2v) is 3.17. The molecule has 1 fully saturated rings. The molecule has 4 heteroatoms. The SMILES string of the molecule is CN[C@H]1C[C@@H](C)O[C@@H](O)C1OC. The van der Waals surface area contributed by atoms with E-state index in [9.17, 15) is 5.11 Å². The highest BCUT2D eigenvalue weighted by atomic mass is 16.6. The van der Waals surface area contributed by atoms with Crippen molar-refractivity contribution < 1.29 is 14.6 Å². The van der Waals surface area contributed by atoms with E-state index < -0.39 is 6.29 Å². The summed E-state index contributed by atoms with van der Waals surface area (Å²) in [6.07, 6.45) is -0.113. The summed E-state index contributed by atoms with van der Waals surface area (Å²) in [5, 5.41) is 12.6. The van der Waals surface area contributed by atoms with Gasteiger partial charge in [0.1, 0.15) is 6.10 Å². The van der Waals surface area contributed by atoms with Crippen LogP contribution in [-0.4, -0.2) is 43.8 Å². The predicted octanol–water partition coefficient (Wildman–Crippen LogP) is -0.283. The van der Waals surface area contributed by atoms with Gasteiger partial charge >= 0.3 is 0 Å². The molecule has 1 aliphatic heterocycles. The van der Waals surface area contributed by atoms with Crippen LogP contribution in [0.15, 0.2) is 0 Å². The summed E-state index contributed by atoms with van der Waals surface area (Å²) in [5.41, 5.74) is 0. The van der Waals surface area contributed by atoms with Crippen molar-refractivity contribution in [2.45, 2.75) is 37.9 Å². The first-order valence-corrected chi connectivity index (χ1v) is 4.22. The third-order valence-electron chi connectivity index (χ3n) is 2.28. The molecule has 0 amide bonds. The van der Waals surface area contributed by atoms with Crippen molar-refractivity contribution in [1.29, 1.82) is 0 Å². The molecule has 0 aromatic carbocycles. The van der Waals surface area contributed by atoms with E-state index >= 15 is 0 Å². The fourth-order valence-electron chi connectivity index (χ4n) is 1.62. The van der Waals surface area contributed by atoms with Crippen LogP contribution in [-0.2, 0) is 9.47 Å². The Kier molecular flexibility index (Phi) is 3.46. The Hall–Kier alpha value is -0.160. The van der Waals surface area contributed by atoms with Crippen LogP contribution in [0.25, 0.3) is 0 Å². The Morgan fingerprint density at radius 3 is 2.75 bits per heavy atom. The molecule has 1 rings (SSSR count). The van der Waals surface area contributed by atoms with Crippen LogP contribution in [0.4, 0.5) is 0 Å². The number of nitrogens with one attached hydrogen (secondary N) is 1. The van der Waals surface area contributed by atoms with Gasteiger partial charge in [-0.3, -0.25) is 0 Å². The first kappa shape index (κ1) is 9.92. The van der Waals surface area contributed by atoms with Crippen LogP contribution >= 0.6 is 0 Å². The Morgan fingerprint density at radius 1 is 1.58 bits per heavy atom. The number of hydrogen-bond donors (Lipinski definition) is 2. The Labute approximate surface area is 72.9 Å². The Morgan fingerprint density at radius 2 is 2.25 bits per heavy atom. The van der Waals surface area contributed by atoms with Crippen LogP contribution in [0.2, 0.25) is 0 Å². The van der Waals surface area contributed by atoms with E-state index in [4.69, 9.17) is 9.47 Å². The molecular formula is C8H17NO3. The van der Waals surface area contributed by atoms with Crippen molar-refractivity contribution in [3.8, 4) is 0 Å². The van der Waals surface area contributed by atoms with Gasteiger partial charge in [0.2, 0.25) is 0 Å². The normalized spacial score (nSPS) is 43.0. The molecule has 0 saturated carbocycles. The smallest absolute Gasteiger partial charge is 0.182 e. The van der Waals surface area contributed by atoms with Gasteiger partial charge in [0.05, 0.1) is 6.10 Å². The van der Waals surface area contributed by atoms with E-state index in [1.165, 1.54) is 0 Å². The van der Waals surface area contributed by atoms with Crippen molar-refractivity contribution in [1.82, 2.24) is 5.32 Å². The van der Waals surface area contributed by atoms with Crippen molar-refractivity contribution in [3.63, 3.8) is 0 Å². The summed E-state index contributed by atoms with van der Waals surface area (Å²) in [4.78, 5) is 0. The maximum atomic E-state index is 9.45. The summed E-state index contributed by atoms with van der Waals surface area (Å²) < 4.78 is 10.3. The minimum absolute atomic E-state index is 0.0869. The molecule has 2 N–H and O–H groups in total. The maximum absolute atomic E-state index is 9.45. The molecule has 0 bridgehead atoms. The lowest BCUT2D eigenvalue weighted by molar-refractivity contribution is -0.227. The highest BCUT2D eigenvalue weighted by molar-refractivity contribution is 4.84. The van der Waals surface area contributed by atoms with Gasteiger partial charge in [-0.15, -0.1) is 0 Å². The van der Waals surface area contributed by atoms with E-state index in [1.54, 1.807) is 7.11 Å². The molecule has 12 heavy (non-hydrogen) atoms. The van der Waals surface area contributed by atoms with Crippen molar-refractivity contribution in [2.24, 2.45) is 0 Å². The second-order valence-electron chi connectivity index (χ2n) is 3.17. The lowest BCUT2D eigenvalue weighted by atomic mass is 10.0. The Bertz CT molecular complexity index is 142. The quantitative estimate of drug-likeness (QED) is 0.606. The van der Waals surface area contributed by atoms with Gasteiger partial charge in [-0.1, -0.05) is 0 Å². The van der Waals surface area contributed by atoms with Crippen LogP contribution in [0.3, 0.4) is 0 Å². The molecule has 1 aliphatic rings. The van der Waals surface area contributed by atoms with Gasteiger partial charge in [0.25, 0.3) is 0 Å². The zero-order valence-electron chi connectivity index (χ0n) is 7.78. The van der Waals surface area contributed by atoms with Gasteiger partial charge in [0, 0.05) is 13.2 Å². The summed E-state index contributed by atoms with van der Waals surface area (Å²) in [5.74, 6) is 0. The van der Waals surface area contributed by atoms with Gasteiger partial charge in [0.15, 0.2) is 6.29 Å². The number of rotatable bonds is 2. The van der Waals surface area contributed by atoms with Crippen molar-refractivity contribution in [3.05, 3.63) is 0 Å². The molecule has 4 nitrogen and oxygen atoms in total. The van der Waals surface area contributed by atoms with E-state index in [2.05, 4.69) is 5.32 Å². The van der Waals surface area contributed by atoms with Gasteiger partial charge < -0.3 is 19.9 Å². The molecule has 0 spiro atoms. The van der Waals surface area contributed by atoms with Crippen molar-refractivity contribution in [2.75, 3.05) is 14.2 Å². The maximum Gasteiger partial charge on any atom is 0.182 e. The minimum Gasteiger partial charge on any atom is -0.375 e. The molecule has 0 aromatic heterocycles. The van der Waals surface area contributed by atoms with Crippen molar-refractivity contribution >= 4 is 0 Å². The van der Waals surface area contributed by atoms with Gasteiger partial charge in [-0.25, -0.2) is 0 Å². The Balaban J connectivity index is 2.56. The lowest BCUT2D eigenvalue weighted by Crippen LogP contribution is -2.53. The number of hydrogen-bond acceptors (Lipinski definition) is 4. The third-order valence-corrected chi connectivity index (χ3v) is 2.28. The summed E-state index contributed by atoms with van der Waals surface area (Å²) in [7, 11) is 3.44. The van der Waals surface area contributed by atoms with E-state index in [0.717, 1.165) is 6.42 Å². The molecular weight excluding hydrogens is 158 g/mol. The summed E-state index contributed by atoms with van der Waals surface area (Å²) in [6, 6.07) is 0.175.